The second-order valence-electron chi connectivity index (χ2n) is 8.23. The topological polar surface area (TPSA) is 78.6 Å². The number of nitrogens with zero attached hydrogens (tertiary/aromatic N) is 4. The maximum absolute atomic E-state index is 5.30. The van der Waals surface area contributed by atoms with Gasteiger partial charge >= 0.3 is 0 Å². The zero-order valence-corrected chi connectivity index (χ0v) is 21.4. The number of likely N-dealkylation sites (tertiary alicyclic amines) is 1. The van der Waals surface area contributed by atoms with Gasteiger partial charge in [0.05, 0.1) is 6.54 Å². The average Bonchev–Trinajstić information content (AvgIpc) is 3.42. The third-order valence-corrected chi connectivity index (χ3v) is 5.25. The molecule has 2 N–H and O–H groups in total. The molecule has 1 aromatic heterocycles. The molecule has 3 rings (SSSR count). The summed E-state index contributed by atoms with van der Waals surface area (Å²) in [4.78, 5) is 11.7. The molecule has 1 aliphatic heterocycles. The van der Waals surface area contributed by atoms with Crippen molar-refractivity contribution in [2.75, 3.05) is 26.2 Å². The number of hydrogen-bond donors (Lipinski definition) is 2. The lowest BCUT2D eigenvalue weighted by Gasteiger charge is -2.14. The first-order chi connectivity index (χ1) is 14.6. The van der Waals surface area contributed by atoms with Gasteiger partial charge in [0.1, 0.15) is 0 Å². The van der Waals surface area contributed by atoms with Gasteiger partial charge in [-0.25, -0.2) is 4.99 Å². The molecule has 8 heteroatoms. The van der Waals surface area contributed by atoms with Gasteiger partial charge in [-0.3, -0.25) is 4.90 Å². The molecular formula is C23H37IN6O. The van der Waals surface area contributed by atoms with Crippen LogP contribution in [0.3, 0.4) is 0 Å². The summed E-state index contributed by atoms with van der Waals surface area (Å²) in [5.74, 6) is 2.62. The second kappa shape index (κ2) is 13.7. The Morgan fingerprint density at radius 2 is 1.84 bits per heavy atom. The molecule has 0 bridgehead atoms. The van der Waals surface area contributed by atoms with E-state index in [9.17, 15) is 0 Å². The Bertz CT molecular complexity index is 784. The van der Waals surface area contributed by atoms with Crippen LogP contribution >= 0.6 is 24.0 Å². The van der Waals surface area contributed by atoms with Crippen LogP contribution in [0.15, 0.2) is 33.8 Å². The standard InChI is InChI=1S/C23H36N6O.HI/c1-4-24-23(25-13-7-8-21-27-22(18(2)3)28-30-21)26-16-19-9-11-20(12-10-19)17-29-14-5-6-15-29;/h9-12,18H,4-8,13-17H2,1-3H3,(H2,24,25,26);1H. The van der Waals surface area contributed by atoms with Crippen LogP contribution in [0.25, 0.3) is 0 Å². The number of halogens is 1. The van der Waals surface area contributed by atoms with E-state index in [-0.39, 0.29) is 24.0 Å². The third kappa shape index (κ3) is 8.76. The average molecular weight is 540 g/mol. The SMILES string of the molecule is CCNC(=NCc1ccc(CN2CCCC2)cc1)NCCCc1nc(C(C)C)no1.I. The number of guanidine groups is 1. The van der Waals surface area contributed by atoms with Crippen molar-refractivity contribution in [1.29, 1.82) is 0 Å². The Balaban J connectivity index is 0.00000341. The van der Waals surface area contributed by atoms with Crippen molar-refractivity contribution in [1.82, 2.24) is 25.7 Å². The van der Waals surface area contributed by atoms with Gasteiger partial charge in [-0.1, -0.05) is 43.3 Å². The molecule has 0 saturated carbocycles. The normalized spacial score (nSPS) is 14.6. The van der Waals surface area contributed by atoms with Gasteiger partial charge in [-0.15, -0.1) is 24.0 Å². The van der Waals surface area contributed by atoms with Crippen molar-refractivity contribution >= 4 is 29.9 Å². The van der Waals surface area contributed by atoms with Crippen LogP contribution in [0, 0.1) is 0 Å². The van der Waals surface area contributed by atoms with Crippen LogP contribution in [0.2, 0.25) is 0 Å². The molecular weight excluding hydrogens is 503 g/mol. The summed E-state index contributed by atoms with van der Waals surface area (Å²) in [5, 5.41) is 10.7. The van der Waals surface area contributed by atoms with Crippen LogP contribution in [0.1, 0.15) is 68.8 Å². The van der Waals surface area contributed by atoms with Gasteiger partial charge in [0.15, 0.2) is 11.8 Å². The summed E-state index contributed by atoms with van der Waals surface area (Å²) >= 11 is 0. The van der Waals surface area contributed by atoms with Crippen LogP contribution in [0.4, 0.5) is 0 Å². The van der Waals surface area contributed by atoms with Gasteiger partial charge < -0.3 is 15.2 Å². The molecule has 2 aromatic rings. The molecule has 0 atom stereocenters. The van der Waals surface area contributed by atoms with E-state index in [4.69, 9.17) is 9.52 Å². The van der Waals surface area contributed by atoms with E-state index in [1.54, 1.807) is 0 Å². The number of aliphatic imine (C=N–C) groups is 1. The number of rotatable bonds is 10. The summed E-state index contributed by atoms with van der Waals surface area (Å²) in [6.45, 7) is 12.0. The molecule has 31 heavy (non-hydrogen) atoms. The summed E-state index contributed by atoms with van der Waals surface area (Å²) < 4.78 is 5.30. The fraction of sp³-hybridized carbons (Fsp3) is 0.609. The molecule has 1 saturated heterocycles. The number of nitrogens with one attached hydrogen (secondary N) is 2. The van der Waals surface area contributed by atoms with Crippen molar-refractivity contribution < 1.29 is 4.52 Å². The van der Waals surface area contributed by atoms with Crippen molar-refractivity contribution in [2.45, 2.75) is 65.5 Å². The Morgan fingerprint density at radius 3 is 2.48 bits per heavy atom. The van der Waals surface area contributed by atoms with E-state index >= 15 is 0 Å². The number of aromatic nitrogens is 2. The Labute approximate surface area is 203 Å². The molecule has 1 aromatic carbocycles. The predicted molar refractivity (Wildman–Crippen MR) is 136 cm³/mol. The fourth-order valence-electron chi connectivity index (χ4n) is 3.51. The van der Waals surface area contributed by atoms with Gasteiger partial charge in [0.2, 0.25) is 5.89 Å². The first-order valence-corrected chi connectivity index (χ1v) is 11.3. The zero-order chi connectivity index (χ0) is 21.2. The lowest BCUT2D eigenvalue weighted by molar-refractivity contribution is 0.331. The summed E-state index contributed by atoms with van der Waals surface area (Å²) in [6.07, 6.45) is 4.35. The third-order valence-electron chi connectivity index (χ3n) is 5.25. The number of aryl methyl sites for hydroxylation is 1. The highest BCUT2D eigenvalue weighted by Crippen LogP contribution is 2.14. The molecule has 0 amide bonds. The lowest BCUT2D eigenvalue weighted by atomic mass is 10.1. The molecule has 0 aliphatic carbocycles. The van der Waals surface area contributed by atoms with Crippen molar-refractivity contribution in [2.24, 2.45) is 4.99 Å². The molecule has 2 heterocycles. The minimum Gasteiger partial charge on any atom is -0.357 e. The highest BCUT2D eigenvalue weighted by Gasteiger charge is 2.11. The van der Waals surface area contributed by atoms with E-state index in [2.05, 4.69) is 70.7 Å². The number of hydrogen-bond acceptors (Lipinski definition) is 5. The summed E-state index contributed by atoms with van der Waals surface area (Å²) in [5.41, 5.74) is 2.61. The van der Waals surface area contributed by atoms with E-state index in [1.165, 1.54) is 37.1 Å². The number of benzene rings is 1. The zero-order valence-electron chi connectivity index (χ0n) is 19.1. The lowest BCUT2D eigenvalue weighted by Crippen LogP contribution is -2.37. The van der Waals surface area contributed by atoms with Crippen LogP contribution in [0.5, 0.6) is 0 Å². The summed E-state index contributed by atoms with van der Waals surface area (Å²) in [6, 6.07) is 8.86. The van der Waals surface area contributed by atoms with E-state index in [0.717, 1.165) is 44.3 Å². The van der Waals surface area contributed by atoms with Crippen LogP contribution < -0.4 is 10.6 Å². The van der Waals surface area contributed by atoms with Crippen molar-refractivity contribution in [3.63, 3.8) is 0 Å². The van der Waals surface area contributed by atoms with Gasteiger partial charge in [0, 0.05) is 32.0 Å². The van der Waals surface area contributed by atoms with E-state index in [0.29, 0.717) is 18.4 Å². The molecule has 0 radical (unpaired) electrons. The predicted octanol–water partition coefficient (Wildman–Crippen LogP) is 4.09. The monoisotopic (exact) mass is 540 g/mol. The van der Waals surface area contributed by atoms with Gasteiger partial charge in [-0.2, -0.15) is 4.98 Å². The quantitative estimate of drug-likeness (QED) is 0.205. The molecule has 1 fully saturated rings. The first-order valence-electron chi connectivity index (χ1n) is 11.3. The minimum atomic E-state index is 0. The fourth-order valence-corrected chi connectivity index (χ4v) is 3.51. The Morgan fingerprint density at radius 1 is 1.13 bits per heavy atom. The minimum absolute atomic E-state index is 0. The molecule has 172 valence electrons. The Hall–Kier alpha value is -1.68. The van der Waals surface area contributed by atoms with Crippen molar-refractivity contribution in [3.05, 3.63) is 47.1 Å². The largest absolute Gasteiger partial charge is 0.357 e. The maximum atomic E-state index is 5.30. The van der Waals surface area contributed by atoms with Crippen LogP contribution in [-0.4, -0.2) is 47.2 Å². The first kappa shape index (κ1) is 25.6. The highest BCUT2D eigenvalue weighted by atomic mass is 127. The van der Waals surface area contributed by atoms with Crippen molar-refractivity contribution in [3.8, 4) is 0 Å². The van der Waals surface area contributed by atoms with E-state index in [1.807, 2.05) is 0 Å². The molecule has 1 aliphatic rings. The van der Waals surface area contributed by atoms with Gasteiger partial charge in [0.25, 0.3) is 0 Å². The molecule has 7 nitrogen and oxygen atoms in total. The summed E-state index contributed by atoms with van der Waals surface area (Å²) in [7, 11) is 0. The van der Waals surface area contributed by atoms with Crippen LogP contribution in [-0.2, 0) is 19.5 Å². The smallest absolute Gasteiger partial charge is 0.226 e. The highest BCUT2D eigenvalue weighted by molar-refractivity contribution is 14.0. The molecule has 0 spiro atoms. The Kier molecular flexibility index (Phi) is 11.3. The van der Waals surface area contributed by atoms with E-state index < -0.39 is 0 Å². The van der Waals surface area contributed by atoms with Gasteiger partial charge in [-0.05, 0) is 50.4 Å². The second-order valence-corrected chi connectivity index (χ2v) is 8.23. The molecule has 0 unspecified atom stereocenters. The maximum Gasteiger partial charge on any atom is 0.226 e.